The Bertz CT molecular complexity index is 408. The topological polar surface area (TPSA) is 51.8 Å². The van der Waals surface area contributed by atoms with E-state index in [1.165, 1.54) is 0 Å². The molecule has 2 N–H and O–H groups in total. The van der Waals surface area contributed by atoms with E-state index in [2.05, 4.69) is 9.97 Å². The van der Waals surface area contributed by atoms with Crippen LogP contribution >= 0.6 is 0 Å². The fraction of sp³-hybridized carbons (Fsp3) is 0.0909. The van der Waals surface area contributed by atoms with Crippen LogP contribution in [0.4, 0.5) is 5.82 Å². The van der Waals surface area contributed by atoms with Gasteiger partial charge in [0.2, 0.25) is 0 Å². The Morgan fingerprint density at radius 1 is 1.00 bits per heavy atom. The molecule has 0 saturated carbocycles. The molecule has 0 aliphatic rings. The molecule has 0 fully saturated rings. The summed E-state index contributed by atoms with van der Waals surface area (Å²) in [5.74, 6) is 0.539. The number of nitrogens with zero attached hydrogens (tertiary/aromatic N) is 2. The van der Waals surface area contributed by atoms with E-state index in [9.17, 15) is 0 Å². The number of aryl methyl sites for hydroxylation is 1. The second-order valence-corrected chi connectivity index (χ2v) is 3.16. The number of anilines is 1. The van der Waals surface area contributed by atoms with Crippen molar-refractivity contribution in [1.82, 2.24) is 9.97 Å². The molecule has 3 nitrogen and oxygen atoms in total. The van der Waals surface area contributed by atoms with Gasteiger partial charge in [0.05, 0.1) is 0 Å². The van der Waals surface area contributed by atoms with Gasteiger partial charge in [-0.2, -0.15) is 0 Å². The van der Waals surface area contributed by atoms with Crippen LogP contribution in [0.3, 0.4) is 0 Å². The minimum absolute atomic E-state index is 0.539. The van der Waals surface area contributed by atoms with Gasteiger partial charge in [-0.1, -0.05) is 0 Å². The number of hydrogen-bond donors (Lipinski definition) is 1. The predicted octanol–water partition coefficient (Wildman–Crippen LogP) is 2.03. The van der Waals surface area contributed by atoms with Crippen molar-refractivity contribution >= 4 is 5.82 Å². The van der Waals surface area contributed by atoms with Gasteiger partial charge in [-0.05, 0) is 42.3 Å². The highest BCUT2D eigenvalue weighted by Gasteiger charge is 1.98. The van der Waals surface area contributed by atoms with Gasteiger partial charge in [0.1, 0.15) is 5.82 Å². The maximum absolute atomic E-state index is 5.61. The van der Waals surface area contributed by atoms with Crippen LogP contribution in [0.15, 0.2) is 36.7 Å². The molecule has 0 amide bonds. The monoisotopic (exact) mass is 185 g/mol. The highest BCUT2D eigenvalue weighted by molar-refractivity contribution is 5.65. The van der Waals surface area contributed by atoms with Gasteiger partial charge in [-0.15, -0.1) is 0 Å². The van der Waals surface area contributed by atoms with Crippen LogP contribution < -0.4 is 5.73 Å². The Kier molecular flexibility index (Phi) is 2.14. The smallest absolute Gasteiger partial charge is 0.123 e. The fourth-order valence-corrected chi connectivity index (χ4v) is 1.35. The Hall–Kier alpha value is -1.90. The third-order valence-corrected chi connectivity index (χ3v) is 2.01. The van der Waals surface area contributed by atoms with E-state index in [0.717, 1.165) is 16.8 Å². The first kappa shape index (κ1) is 8.69. The van der Waals surface area contributed by atoms with Crippen LogP contribution in [0.2, 0.25) is 0 Å². The standard InChI is InChI=1S/C11H11N3/c1-8-6-9(2-4-13-8)10-3-5-14-11(12)7-10/h2-7H,1H3,(H2,12,14). The van der Waals surface area contributed by atoms with Crippen LogP contribution in [0.5, 0.6) is 0 Å². The molecule has 0 radical (unpaired) electrons. The first-order chi connectivity index (χ1) is 6.75. The summed E-state index contributed by atoms with van der Waals surface area (Å²) in [5.41, 5.74) is 8.79. The zero-order valence-electron chi connectivity index (χ0n) is 7.94. The maximum atomic E-state index is 5.61. The van der Waals surface area contributed by atoms with Crippen molar-refractivity contribution in [3.05, 3.63) is 42.4 Å². The number of aromatic nitrogens is 2. The third-order valence-electron chi connectivity index (χ3n) is 2.01. The SMILES string of the molecule is Cc1cc(-c2ccnc(N)c2)ccn1. The molecule has 0 aliphatic carbocycles. The molecule has 0 aliphatic heterocycles. The second kappa shape index (κ2) is 3.46. The van der Waals surface area contributed by atoms with E-state index < -0.39 is 0 Å². The van der Waals surface area contributed by atoms with Crippen LogP contribution in [0.25, 0.3) is 11.1 Å². The van der Waals surface area contributed by atoms with Crippen molar-refractivity contribution in [2.75, 3.05) is 5.73 Å². The average Bonchev–Trinajstić information content (AvgIpc) is 2.18. The molecule has 0 spiro atoms. The summed E-state index contributed by atoms with van der Waals surface area (Å²) in [6.07, 6.45) is 3.50. The Morgan fingerprint density at radius 2 is 1.64 bits per heavy atom. The summed E-state index contributed by atoms with van der Waals surface area (Å²) in [4.78, 5) is 8.09. The van der Waals surface area contributed by atoms with Crippen molar-refractivity contribution in [3.63, 3.8) is 0 Å². The van der Waals surface area contributed by atoms with Gasteiger partial charge in [-0.3, -0.25) is 4.98 Å². The summed E-state index contributed by atoms with van der Waals surface area (Å²) in [7, 11) is 0. The molecule has 0 saturated heterocycles. The summed E-state index contributed by atoms with van der Waals surface area (Å²) < 4.78 is 0. The van der Waals surface area contributed by atoms with E-state index >= 15 is 0 Å². The van der Waals surface area contributed by atoms with Crippen molar-refractivity contribution in [2.45, 2.75) is 6.92 Å². The zero-order valence-corrected chi connectivity index (χ0v) is 7.94. The lowest BCUT2D eigenvalue weighted by atomic mass is 10.1. The van der Waals surface area contributed by atoms with Gasteiger partial charge < -0.3 is 5.73 Å². The van der Waals surface area contributed by atoms with E-state index in [0.29, 0.717) is 5.82 Å². The molecule has 2 aromatic heterocycles. The molecule has 0 atom stereocenters. The van der Waals surface area contributed by atoms with Crippen molar-refractivity contribution < 1.29 is 0 Å². The first-order valence-corrected chi connectivity index (χ1v) is 4.40. The number of hydrogen-bond acceptors (Lipinski definition) is 3. The largest absolute Gasteiger partial charge is 0.384 e. The number of nitrogens with two attached hydrogens (primary N) is 1. The predicted molar refractivity (Wildman–Crippen MR) is 56.6 cm³/mol. The molecule has 0 aromatic carbocycles. The lowest BCUT2D eigenvalue weighted by Crippen LogP contribution is -1.90. The molecular weight excluding hydrogens is 174 g/mol. The number of nitrogen functional groups attached to an aromatic ring is 1. The Morgan fingerprint density at radius 3 is 2.29 bits per heavy atom. The summed E-state index contributed by atoms with van der Waals surface area (Å²) in [6, 6.07) is 7.77. The van der Waals surface area contributed by atoms with E-state index in [-0.39, 0.29) is 0 Å². The fourth-order valence-electron chi connectivity index (χ4n) is 1.35. The molecule has 0 unspecified atom stereocenters. The minimum Gasteiger partial charge on any atom is -0.384 e. The average molecular weight is 185 g/mol. The molecular formula is C11H11N3. The van der Waals surface area contributed by atoms with Crippen molar-refractivity contribution in [2.24, 2.45) is 0 Å². The van der Waals surface area contributed by atoms with Crippen LogP contribution in [0.1, 0.15) is 5.69 Å². The van der Waals surface area contributed by atoms with Gasteiger partial charge in [0, 0.05) is 18.1 Å². The lowest BCUT2D eigenvalue weighted by Gasteiger charge is -2.02. The Balaban J connectivity index is 2.49. The number of rotatable bonds is 1. The van der Waals surface area contributed by atoms with Gasteiger partial charge in [0.25, 0.3) is 0 Å². The molecule has 0 bridgehead atoms. The van der Waals surface area contributed by atoms with Crippen LogP contribution in [0, 0.1) is 6.92 Å². The maximum Gasteiger partial charge on any atom is 0.123 e. The number of pyridine rings is 2. The zero-order chi connectivity index (χ0) is 9.97. The second-order valence-electron chi connectivity index (χ2n) is 3.16. The molecule has 2 rings (SSSR count). The molecule has 2 aromatic rings. The molecule has 2 heterocycles. The van der Waals surface area contributed by atoms with Crippen LogP contribution in [-0.4, -0.2) is 9.97 Å². The van der Waals surface area contributed by atoms with E-state index in [1.54, 1.807) is 12.4 Å². The van der Waals surface area contributed by atoms with Gasteiger partial charge in [-0.25, -0.2) is 4.98 Å². The van der Waals surface area contributed by atoms with Gasteiger partial charge in [0.15, 0.2) is 0 Å². The highest BCUT2D eigenvalue weighted by Crippen LogP contribution is 2.19. The minimum atomic E-state index is 0.539. The quantitative estimate of drug-likeness (QED) is 0.739. The normalized spacial score (nSPS) is 10.1. The molecule has 14 heavy (non-hydrogen) atoms. The summed E-state index contributed by atoms with van der Waals surface area (Å²) in [6.45, 7) is 1.97. The van der Waals surface area contributed by atoms with Crippen LogP contribution in [-0.2, 0) is 0 Å². The summed E-state index contributed by atoms with van der Waals surface area (Å²) in [5, 5.41) is 0. The molecule has 3 heteroatoms. The summed E-state index contributed by atoms with van der Waals surface area (Å²) >= 11 is 0. The molecule has 70 valence electrons. The van der Waals surface area contributed by atoms with Gasteiger partial charge >= 0.3 is 0 Å². The van der Waals surface area contributed by atoms with E-state index in [1.807, 2.05) is 31.2 Å². The highest BCUT2D eigenvalue weighted by atomic mass is 14.8. The third kappa shape index (κ3) is 1.71. The van der Waals surface area contributed by atoms with Crippen molar-refractivity contribution in [3.8, 4) is 11.1 Å². The first-order valence-electron chi connectivity index (χ1n) is 4.40. The van der Waals surface area contributed by atoms with Crippen molar-refractivity contribution in [1.29, 1.82) is 0 Å². The lowest BCUT2D eigenvalue weighted by molar-refractivity contribution is 1.20. The Labute approximate surface area is 82.6 Å². The van der Waals surface area contributed by atoms with E-state index in [4.69, 9.17) is 5.73 Å².